The largest absolute Gasteiger partial charge is 0.485 e. The van der Waals surface area contributed by atoms with Gasteiger partial charge < -0.3 is 15.0 Å². The van der Waals surface area contributed by atoms with Gasteiger partial charge in [0.25, 0.3) is 0 Å². The molecule has 3 aromatic rings. The number of hydrogen-bond donors (Lipinski definition) is 1. The molecule has 8 heteroatoms. The number of nitrogens with zero attached hydrogens (tertiary/aromatic N) is 3. The minimum absolute atomic E-state index is 0.101. The van der Waals surface area contributed by atoms with Crippen molar-refractivity contribution < 1.29 is 13.9 Å². The van der Waals surface area contributed by atoms with Gasteiger partial charge in [-0.2, -0.15) is 5.26 Å². The summed E-state index contributed by atoms with van der Waals surface area (Å²) >= 11 is 0. The van der Waals surface area contributed by atoms with Crippen LogP contribution in [0, 0.1) is 35.9 Å². The quantitative estimate of drug-likeness (QED) is 0.177. The van der Waals surface area contributed by atoms with Gasteiger partial charge >= 0.3 is 0 Å². The Hall–Kier alpha value is -3.83. The number of rotatable bonds is 11. The van der Waals surface area contributed by atoms with Crippen molar-refractivity contribution in [2.45, 2.75) is 76.4 Å². The van der Waals surface area contributed by atoms with Gasteiger partial charge in [0.1, 0.15) is 23.8 Å². The van der Waals surface area contributed by atoms with E-state index in [1.54, 1.807) is 12.1 Å². The first-order chi connectivity index (χ1) is 22.4. The molecule has 1 N–H and O–H groups in total. The second-order valence-electron chi connectivity index (χ2n) is 13.7. The van der Waals surface area contributed by atoms with Crippen LogP contribution in [0.25, 0.3) is 0 Å². The molecule has 6 nitrogen and oxygen atoms in total. The van der Waals surface area contributed by atoms with Crippen molar-refractivity contribution >= 4 is 25.0 Å². The fourth-order valence-corrected chi connectivity index (χ4v) is 7.53. The Kier molecular flexibility index (Phi) is 8.79. The van der Waals surface area contributed by atoms with Gasteiger partial charge in [0.2, 0.25) is 0 Å². The van der Waals surface area contributed by atoms with E-state index in [0.29, 0.717) is 23.4 Å². The number of halogens is 1. The van der Waals surface area contributed by atoms with Gasteiger partial charge in [-0.1, -0.05) is 37.0 Å². The SMILES string of the molecule is [B]CCN1c2cc(C(=O)C3CCC3)ccc2NC1CN1CCC(c2cccc(C)c2OC(c2ccc(C#N)cc2F)C2CC2)CC1. The zero-order chi connectivity index (χ0) is 31.8. The van der Waals surface area contributed by atoms with E-state index in [0.717, 1.165) is 99.4 Å². The van der Waals surface area contributed by atoms with E-state index in [-0.39, 0.29) is 35.7 Å². The van der Waals surface area contributed by atoms with E-state index in [1.165, 1.54) is 11.6 Å². The number of carbonyl (C=O) groups is 1. The number of anilines is 2. The normalized spacial score (nSPS) is 20.8. The van der Waals surface area contributed by atoms with Crippen LogP contribution in [-0.4, -0.2) is 50.9 Å². The molecule has 3 aromatic carbocycles. The summed E-state index contributed by atoms with van der Waals surface area (Å²) < 4.78 is 21.9. The molecule has 0 bridgehead atoms. The van der Waals surface area contributed by atoms with E-state index in [1.807, 2.05) is 12.1 Å². The number of fused-ring (bicyclic) bond motifs is 1. The van der Waals surface area contributed by atoms with E-state index in [4.69, 9.17) is 12.6 Å². The first-order valence-corrected chi connectivity index (χ1v) is 17.0. The van der Waals surface area contributed by atoms with Crippen molar-refractivity contribution in [2.75, 3.05) is 36.4 Å². The van der Waals surface area contributed by atoms with Crippen LogP contribution in [0.2, 0.25) is 6.32 Å². The highest BCUT2D eigenvalue weighted by Crippen LogP contribution is 2.47. The van der Waals surface area contributed by atoms with Crippen LogP contribution in [0.4, 0.5) is 15.8 Å². The summed E-state index contributed by atoms with van der Waals surface area (Å²) in [6, 6.07) is 19.2. The maximum Gasteiger partial charge on any atom is 0.166 e. The van der Waals surface area contributed by atoms with Gasteiger partial charge in [-0.3, -0.25) is 9.69 Å². The number of nitrogens with one attached hydrogen (secondary N) is 1. The second kappa shape index (κ2) is 13.1. The number of ether oxygens (including phenoxy) is 1. The average molecular weight is 617 g/mol. The number of benzene rings is 3. The predicted octanol–water partition coefficient (Wildman–Crippen LogP) is 7.54. The predicted molar refractivity (Wildman–Crippen MR) is 180 cm³/mol. The molecule has 2 aliphatic carbocycles. The maximum atomic E-state index is 15.1. The number of piperidine rings is 1. The molecule has 46 heavy (non-hydrogen) atoms. The van der Waals surface area contributed by atoms with Crippen LogP contribution in [0.15, 0.2) is 54.6 Å². The lowest BCUT2D eigenvalue weighted by atomic mass is 9.80. The molecule has 2 unspecified atom stereocenters. The van der Waals surface area contributed by atoms with Crippen molar-refractivity contribution in [2.24, 2.45) is 11.8 Å². The highest BCUT2D eigenvalue weighted by Gasteiger charge is 2.38. The van der Waals surface area contributed by atoms with E-state index in [2.05, 4.69) is 52.4 Å². The molecule has 2 aliphatic heterocycles. The molecule has 2 saturated carbocycles. The van der Waals surface area contributed by atoms with Crippen molar-refractivity contribution in [1.82, 2.24) is 4.90 Å². The minimum atomic E-state index is -0.369. The molecular formula is C38H42BFN4O2. The Balaban J connectivity index is 1.03. The lowest BCUT2D eigenvalue weighted by molar-refractivity contribution is 0.0855. The number of hydrogen-bond acceptors (Lipinski definition) is 6. The van der Waals surface area contributed by atoms with Crippen molar-refractivity contribution in [3.63, 3.8) is 0 Å². The second-order valence-corrected chi connectivity index (χ2v) is 13.7. The number of likely N-dealkylation sites (tertiary alicyclic amines) is 1. The van der Waals surface area contributed by atoms with Gasteiger partial charge in [0.15, 0.2) is 5.78 Å². The molecular weight excluding hydrogens is 574 g/mol. The summed E-state index contributed by atoms with van der Waals surface area (Å²) in [6.07, 6.45) is 7.50. The molecule has 0 amide bonds. The monoisotopic (exact) mass is 616 g/mol. The number of ketones is 1. The standard InChI is InChI=1S/C38H42BFN4O2/c1-24-4-2-7-30(37(24)46-38(28-9-10-28)31-12-8-25(22-41)20-32(31)40)26-14-17-43(18-15-26)23-35-42-33-13-11-29(36(45)27-5-3-6-27)21-34(33)44(35)19-16-39/h2,4,7-8,11-13,20-21,26-28,35,38,42H,3,5-6,9-10,14-19,23H2,1H3. The maximum absolute atomic E-state index is 15.1. The Morgan fingerprint density at radius 2 is 1.89 bits per heavy atom. The average Bonchev–Trinajstić information content (AvgIpc) is 3.83. The molecule has 2 atom stereocenters. The minimum Gasteiger partial charge on any atom is -0.485 e. The molecule has 4 aliphatic rings. The molecule has 3 fully saturated rings. The zero-order valence-corrected chi connectivity index (χ0v) is 26.7. The third-order valence-electron chi connectivity index (χ3n) is 10.6. The van der Waals surface area contributed by atoms with Crippen LogP contribution in [-0.2, 0) is 0 Å². The Labute approximate surface area is 273 Å². The first-order valence-electron chi connectivity index (χ1n) is 17.0. The number of para-hydroxylation sites is 1. The Morgan fingerprint density at radius 3 is 2.57 bits per heavy atom. The third kappa shape index (κ3) is 6.14. The highest BCUT2D eigenvalue weighted by molar-refractivity contribution is 6.09. The summed E-state index contributed by atoms with van der Waals surface area (Å²) in [5.74, 6) is 1.61. The van der Waals surface area contributed by atoms with E-state index < -0.39 is 0 Å². The van der Waals surface area contributed by atoms with Crippen molar-refractivity contribution in [1.29, 1.82) is 5.26 Å². The molecule has 2 radical (unpaired) electrons. The van der Waals surface area contributed by atoms with Crippen molar-refractivity contribution in [3.8, 4) is 11.8 Å². The lowest BCUT2D eigenvalue weighted by Crippen LogP contribution is -2.47. The zero-order valence-electron chi connectivity index (χ0n) is 26.7. The van der Waals surface area contributed by atoms with Gasteiger partial charge in [-0.15, -0.1) is 0 Å². The Bertz CT molecular complexity index is 1640. The summed E-state index contributed by atoms with van der Waals surface area (Å²) in [4.78, 5) is 17.8. The third-order valence-corrected chi connectivity index (χ3v) is 10.6. The van der Waals surface area contributed by atoms with Gasteiger partial charge in [0.05, 0.1) is 30.9 Å². The lowest BCUT2D eigenvalue weighted by Gasteiger charge is -2.37. The van der Waals surface area contributed by atoms with E-state index in [9.17, 15) is 10.1 Å². The summed E-state index contributed by atoms with van der Waals surface area (Å²) in [7, 11) is 6.07. The number of aryl methyl sites for hydroxylation is 1. The van der Waals surface area contributed by atoms with Crippen LogP contribution < -0.4 is 15.0 Å². The van der Waals surface area contributed by atoms with Crippen LogP contribution in [0.5, 0.6) is 5.75 Å². The fourth-order valence-electron chi connectivity index (χ4n) is 7.53. The van der Waals surface area contributed by atoms with Gasteiger partial charge in [0, 0.05) is 36.1 Å². The van der Waals surface area contributed by atoms with E-state index >= 15 is 4.39 Å². The van der Waals surface area contributed by atoms with Gasteiger partial charge in [-0.25, -0.2) is 4.39 Å². The molecule has 0 aromatic heterocycles. The molecule has 236 valence electrons. The molecule has 2 heterocycles. The number of nitriles is 1. The van der Waals surface area contributed by atoms with Crippen LogP contribution >= 0.6 is 0 Å². The van der Waals surface area contributed by atoms with Crippen LogP contribution in [0.3, 0.4) is 0 Å². The topological polar surface area (TPSA) is 68.6 Å². The first kappa shape index (κ1) is 30.8. The number of carbonyl (C=O) groups excluding carboxylic acids is 1. The summed E-state index contributed by atoms with van der Waals surface area (Å²) in [6.45, 7) is 5.60. The molecule has 1 saturated heterocycles. The van der Waals surface area contributed by atoms with Gasteiger partial charge in [-0.05, 0) is 106 Å². The smallest absolute Gasteiger partial charge is 0.166 e. The molecule has 0 spiro atoms. The summed E-state index contributed by atoms with van der Waals surface area (Å²) in [5, 5.41) is 12.9. The fraction of sp³-hybridized carbons (Fsp3) is 0.474. The van der Waals surface area contributed by atoms with Crippen LogP contribution in [0.1, 0.15) is 89.6 Å². The van der Waals surface area contributed by atoms with Crippen molar-refractivity contribution in [3.05, 3.63) is 88.2 Å². The Morgan fingerprint density at radius 1 is 1.09 bits per heavy atom. The number of Topliss-reactive ketones (excluding diaryl/α,β-unsaturated/α-hetero) is 1. The molecule has 7 rings (SSSR count). The highest BCUT2D eigenvalue weighted by atomic mass is 19.1. The summed E-state index contributed by atoms with van der Waals surface area (Å²) in [5.41, 5.74) is 6.11.